The van der Waals surface area contributed by atoms with Gasteiger partial charge in [-0.2, -0.15) is 5.10 Å². The van der Waals surface area contributed by atoms with Gasteiger partial charge in [0.1, 0.15) is 11.4 Å². The fourth-order valence-electron chi connectivity index (χ4n) is 4.67. The van der Waals surface area contributed by atoms with Crippen LogP contribution in [0.1, 0.15) is 24.6 Å². The number of benzene rings is 2. The molecular formula is C26H28N6OS. The zero-order chi connectivity index (χ0) is 23.1. The van der Waals surface area contributed by atoms with Crippen LogP contribution in [-0.2, 0) is 6.42 Å². The van der Waals surface area contributed by atoms with Crippen LogP contribution in [0.25, 0.3) is 39.1 Å². The van der Waals surface area contributed by atoms with Crippen LogP contribution in [0.5, 0.6) is 5.75 Å². The van der Waals surface area contributed by atoms with Gasteiger partial charge in [-0.15, -0.1) is 0 Å². The van der Waals surface area contributed by atoms with Crippen LogP contribution in [0.4, 0.5) is 0 Å². The molecule has 6 rings (SSSR count). The largest absolute Gasteiger partial charge is 0.508 e. The maximum absolute atomic E-state index is 9.84. The van der Waals surface area contributed by atoms with Crippen LogP contribution in [0, 0.1) is 0 Å². The molecule has 0 unspecified atom stereocenters. The Morgan fingerprint density at radius 1 is 1.18 bits per heavy atom. The maximum atomic E-state index is 9.84. The first-order valence-corrected chi connectivity index (χ1v) is 12.7. The van der Waals surface area contributed by atoms with E-state index in [9.17, 15) is 5.11 Å². The Morgan fingerprint density at radius 3 is 2.85 bits per heavy atom. The van der Waals surface area contributed by atoms with Crippen molar-refractivity contribution >= 4 is 28.4 Å². The first kappa shape index (κ1) is 21.5. The lowest BCUT2D eigenvalue weighted by Crippen LogP contribution is -2.46. The number of H-pyrrole nitrogens is 2. The zero-order valence-corrected chi connectivity index (χ0v) is 20.0. The second kappa shape index (κ2) is 8.94. The molecule has 2 aliphatic heterocycles. The van der Waals surface area contributed by atoms with Crippen molar-refractivity contribution in [2.24, 2.45) is 0 Å². The fourth-order valence-corrected chi connectivity index (χ4v) is 5.83. The molecule has 0 bridgehead atoms. The molecule has 4 heterocycles. The van der Waals surface area contributed by atoms with E-state index in [4.69, 9.17) is 0 Å². The Kier molecular flexibility index (Phi) is 5.64. The Balaban J connectivity index is 1.23. The minimum Gasteiger partial charge on any atom is -0.508 e. The Hall–Kier alpha value is -3.07. The monoisotopic (exact) mass is 472 g/mol. The van der Waals surface area contributed by atoms with Gasteiger partial charge in [0.05, 0.1) is 17.4 Å². The van der Waals surface area contributed by atoms with E-state index in [1.807, 2.05) is 30.3 Å². The van der Waals surface area contributed by atoms with Crippen LogP contribution >= 0.6 is 11.9 Å². The van der Waals surface area contributed by atoms with Gasteiger partial charge in [0, 0.05) is 36.8 Å². The number of aryl methyl sites for hydroxylation is 1. The summed E-state index contributed by atoms with van der Waals surface area (Å²) in [4.78, 5) is 8.16. The highest BCUT2D eigenvalue weighted by atomic mass is 32.2. The molecule has 2 aromatic heterocycles. The molecule has 0 atom stereocenters. The van der Waals surface area contributed by atoms with Gasteiger partial charge >= 0.3 is 0 Å². The molecule has 0 spiro atoms. The van der Waals surface area contributed by atoms with Crippen molar-refractivity contribution in [1.82, 2.24) is 29.8 Å². The van der Waals surface area contributed by atoms with E-state index in [1.165, 1.54) is 5.57 Å². The molecule has 0 aliphatic carbocycles. The summed E-state index contributed by atoms with van der Waals surface area (Å²) in [5.74, 6) is 1.08. The Morgan fingerprint density at radius 2 is 2.09 bits per heavy atom. The molecule has 34 heavy (non-hydrogen) atoms. The number of nitrogens with one attached hydrogen (secondary N) is 3. The van der Waals surface area contributed by atoms with Gasteiger partial charge in [-0.1, -0.05) is 37.1 Å². The lowest BCUT2D eigenvalue weighted by Gasteiger charge is -2.33. The van der Waals surface area contributed by atoms with Crippen molar-refractivity contribution in [3.8, 4) is 28.4 Å². The van der Waals surface area contributed by atoms with E-state index >= 15 is 0 Å². The summed E-state index contributed by atoms with van der Waals surface area (Å²) < 4.78 is 2.46. The number of aromatic amines is 2. The number of rotatable bonds is 6. The molecule has 0 radical (unpaired) electrons. The molecule has 7 nitrogen and oxygen atoms in total. The molecule has 2 aliphatic rings. The Bertz CT molecular complexity index is 1370. The number of aromatic nitrogens is 4. The van der Waals surface area contributed by atoms with E-state index in [-0.39, 0.29) is 0 Å². The van der Waals surface area contributed by atoms with Crippen molar-refractivity contribution in [2.45, 2.75) is 25.0 Å². The number of nitrogens with zero attached hydrogens (tertiary/aromatic N) is 3. The van der Waals surface area contributed by atoms with Crippen LogP contribution in [0.2, 0.25) is 0 Å². The average Bonchev–Trinajstić information content (AvgIpc) is 3.48. The highest BCUT2D eigenvalue weighted by Crippen LogP contribution is 2.33. The van der Waals surface area contributed by atoms with Gasteiger partial charge in [0.15, 0.2) is 5.82 Å². The standard InChI is InChI=1S/C26H28N6OS/c1-2-16-11-19(33)4-6-21(16)18-3-5-22-23(12-18)30-31-25(22)26-28-15-24(29-26)17-7-9-32(10-8-17)34-20-13-27-14-20/h3-7,11-12,15,20,27,33H,2,8-10,13-14H2,1H3,(H,28,29)(H,30,31). The van der Waals surface area contributed by atoms with Crippen molar-refractivity contribution < 1.29 is 5.11 Å². The second-order valence-electron chi connectivity index (χ2n) is 8.93. The molecule has 4 aromatic rings. The molecular weight excluding hydrogens is 444 g/mol. The summed E-state index contributed by atoms with van der Waals surface area (Å²) in [6.45, 7) is 6.37. The van der Waals surface area contributed by atoms with Gasteiger partial charge in [0.25, 0.3) is 0 Å². The third-order valence-electron chi connectivity index (χ3n) is 6.70. The third-order valence-corrected chi connectivity index (χ3v) is 7.96. The van der Waals surface area contributed by atoms with E-state index < -0.39 is 0 Å². The number of fused-ring (bicyclic) bond motifs is 1. The van der Waals surface area contributed by atoms with Crippen LogP contribution < -0.4 is 5.32 Å². The molecule has 2 aromatic carbocycles. The minimum atomic E-state index is 0.300. The molecule has 1 saturated heterocycles. The molecule has 0 amide bonds. The highest BCUT2D eigenvalue weighted by molar-refractivity contribution is 7.97. The van der Waals surface area contributed by atoms with Crippen molar-refractivity contribution in [1.29, 1.82) is 0 Å². The van der Waals surface area contributed by atoms with Gasteiger partial charge in [-0.05, 0) is 59.4 Å². The number of imidazole rings is 1. The smallest absolute Gasteiger partial charge is 0.159 e. The normalized spacial score (nSPS) is 17.1. The van der Waals surface area contributed by atoms with Gasteiger partial charge in [-0.3, -0.25) is 5.10 Å². The molecule has 174 valence electrons. The molecule has 0 saturated carbocycles. The Labute approximate surface area is 202 Å². The zero-order valence-electron chi connectivity index (χ0n) is 19.1. The molecule has 4 N–H and O–H groups in total. The number of phenols is 1. The number of hydrogen-bond acceptors (Lipinski definition) is 6. The van der Waals surface area contributed by atoms with E-state index in [1.54, 1.807) is 6.07 Å². The lowest BCUT2D eigenvalue weighted by atomic mass is 9.97. The van der Waals surface area contributed by atoms with E-state index in [2.05, 4.69) is 61.0 Å². The summed E-state index contributed by atoms with van der Waals surface area (Å²) in [5.41, 5.74) is 7.56. The summed E-state index contributed by atoms with van der Waals surface area (Å²) in [5, 5.41) is 22.7. The maximum Gasteiger partial charge on any atom is 0.159 e. The van der Waals surface area contributed by atoms with Crippen LogP contribution in [0.15, 0.2) is 48.7 Å². The fraction of sp³-hybridized carbons (Fsp3) is 0.308. The summed E-state index contributed by atoms with van der Waals surface area (Å²) in [6.07, 6.45) is 6.12. The quantitative estimate of drug-likeness (QED) is 0.307. The predicted molar refractivity (Wildman–Crippen MR) is 139 cm³/mol. The summed E-state index contributed by atoms with van der Waals surface area (Å²) >= 11 is 1.99. The third kappa shape index (κ3) is 4.02. The molecule has 8 heteroatoms. The average molecular weight is 473 g/mol. The number of aromatic hydroxyl groups is 1. The van der Waals surface area contributed by atoms with Crippen molar-refractivity contribution in [3.63, 3.8) is 0 Å². The van der Waals surface area contributed by atoms with Gasteiger partial charge < -0.3 is 15.4 Å². The predicted octanol–water partition coefficient (Wildman–Crippen LogP) is 4.60. The first-order valence-electron chi connectivity index (χ1n) is 11.9. The second-order valence-corrected chi connectivity index (χ2v) is 10.3. The van der Waals surface area contributed by atoms with Crippen LogP contribution in [-0.4, -0.2) is 61.0 Å². The summed E-state index contributed by atoms with van der Waals surface area (Å²) in [6, 6.07) is 11.9. The van der Waals surface area contributed by atoms with E-state index in [0.717, 1.165) is 89.1 Å². The number of hydrogen-bond donors (Lipinski definition) is 4. The summed E-state index contributed by atoms with van der Waals surface area (Å²) in [7, 11) is 0. The van der Waals surface area contributed by atoms with Crippen molar-refractivity contribution in [2.75, 3.05) is 26.2 Å². The van der Waals surface area contributed by atoms with E-state index in [0.29, 0.717) is 5.75 Å². The van der Waals surface area contributed by atoms with Gasteiger partial charge in [0.2, 0.25) is 0 Å². The van der Waals surface area contributed by atoms with Crippen molar-refractivity contribution in [3.05, 3.63) is 59.9 Å². The van der Waals surface area contributed by atoms with Gasteiger partial charge in [-0.25, -0.2) is 9.29 Å². The lowest BCUT2D eigenvalue weighted by molar-refractivity contribution is 0.474. The number of phenolic OH excluding ortho intramolecular Hbond substituents is 1. The van der Waals surface area contributed by atoms with Crippen LogP contribution in [0.3, 0.4) is 0 Å². The SMILES string of the molecule is CCc1cc(O)ccc1-c1ccc2c(-c3ncc(C4=CCN(SC5CNC5)CC4)[nH]3)n[nH]c2c1. The molecule has 1 fully saturated rings. The topological polar surface area (TPSA) is 92.9 Å². The minimum absolute atomic E-state index is 0.300. The first-order chi connectivity index (χ1) is 16.7. The highest BCUT2D eigenvalue weighted by Gasteiger charge is 2.23.